The summed E-state index contributed by atoms with van der Waals surface area (Å²) in [5.74, 6) is -3.13. The summed E-state index contributed by atoms with van der Waals surface area (Å²) in [7, 11) is 0. The maximum absolute atomic E-state index is 11.0. The predicted octanol–water partition coefficient (Wildman–Crippen LogP) is -6.67. The van der Waals surface area contributed by atoms with Crippen molar-refractivity contribution >= 4 is 11.9 Å². The average molecular weight is 262 g/mol. The minimum Gasteiger partial charge on any atom is -0.549 e. The minimum absolute atomic E-state index is 0. The number of carboxylic acids is 2. The zero-order valence-corrected chi connectivity index (χ0v) is 16.2. The Morgan fingerprint density at radius 2 is 1.38 bits per heavy atom. The van der Waals surface area contributed by atoms with Crippen molar-refractivity contribution in [3.63, 3.8) is 0 Å². The molecule has 0 amide bonds. The van der Waals surface area contributed by atoms with Gasteiger partial charge < -0.3 is 19.8 Å². The molecule has 0 saturated heterocycles. The first-order valence-corrected chi connectivity index (χ1v) is 4.63. The number of carbonyl (C=O) groups excluding carboxylic acids is 2. The summed E-state index contributed by atoms with van der Waals surface area (Å²) in [6.07, 6.45) is 0.487. The SMILES string of the molecule is CCCC(C(=O)[O-])(C(=O)[O-])C(C)(C)C.[K+].[Na+]. The summed E-state index contributed by atoms with van der Waals surface area (Å²) in [6, 6.07) is 0. The summed E-state index contributed by atoms with van der Waals surface area (Å²) in [5.41, 5.74) is -2.82. The topological polar surface area (TPSA) is 80.3 Å². The van der Waals surface area contributed by atoms with Crippen molar-refractivity contribution in [1.29, 1.82) is 0 Å². The molecule has 82 valence electrons. The molecule has 6 heteroatoms. The molecular weight excluding hydrogens is 246 g/mol. The Hall–Kier alpha value is 1.58. The van der Waals surface area contributed by atoms with Crippen molar-refractivity contribution in [3.8, 4) is 0 Å². The first-order chi connectivity index (χ1) is 6.20. The molecule has 0 aliphatic rings. The van der Waals surface area contributed by atoms with Crippen LogP contribution in [0.3, 0.4) is 0 Å². The quantitative estimate of drug-likeness (QED) is 0.373. The molecule has 0 radical (unpaired) electrons. The second-order valence-electron chi connectivity index (χ2n) is 4.48. The van der Waals surface area contributed by atoms with Gasteiger partial charge in [-0.2, -0.15) is 0 Å². The van der Waals surface area contributed by atoms with E-state index in [4.69, 9.17) is 0 Å². The fourth-order valence-corrected chi connectivity index (χ4v) is 1.65. The van der Waals surface area contributed by atoms with Crippen molar-refractivity contribution in [1.82, 2.24) is 0 Å². The minimum atomic E-state index is -1.90. The molecule has 0 aliphatic carbocycles. The molecule has 0 aromatic rings. The van der Waals surface area contributed by atoms with Crippen molar-refractivity contribution in [3.05, 3.63) is 0 Å². The van der Waals surface area contributed by atoms with Crippen LogP contribution >= 0.6 is 0 Å². The Morgan fingerprint density at radius 1 is 1.06 bits per heavy atom. The Bertz CT molecular complexity index is 234. The standard InChI is InChI=1S/C10H18O4.K.Na/c1-5-6-10(7(11)12,8(13)14)9(2,3)4;;/h5-6H2,1-4H3,(H,11,12)(H,13,14);;/q;2*+1/p-2. The second kappa shape index (κ2) is 8.64. The maximum Gasteiger partial charge on any atom is 1.00 e. The third kappa shape index (κ3) is 4.69. The van der Waals surface area contributed by atoms with Gasteiger partial charge in [0, 0.05) is 0 Å². The molecule has 0 rings (SSSR count). The van der Waals surface area contributed by atoms with Gasteiger partial charge >= 0.3 is 80.9 Å². The summed E-state index contributed by atoms with van der Waals surface area (Å²) in [6.45, 7) is 6.42. The summed E-state index contributed by atoms with van der Waals surface area (Å²) >= 11 is 0. The van der Waals surface area contributed by atoms with Gasteiger partial charge in [-0.1, -0.05) is 34.1 Å². The molecule has 0 aromatic carbocycles. The molecule has 0 N–H and O–H groups in total. The fraction of sp³-hybridized carbons (Fsp3) is 0.800. The molecule has 4 nitrogen and oxygen atoms in total. The molecule has 16 heavy (non-hydrogen) atoms. The molecule has 0 atom stereocenters. The summed E-state index contributed by atoms with van der Waals surface area (Å²) in [5, 5.41) is 21.9. The Morgan fingerprint density at radius 3 is 1.44 bits per heavy atom. The number of aliphatic carboxylic acids is 2. The molecule has 0 aliphatic heterocycles. The van der Waals surface area contributed by atoms with E-state index in [-0.39, 0.29) is 87.4 Å². The van der Waals surface area contributed by atoms with Crippen LogP contribution in [-0.4, -0.2) is 11.9 Å². The van der Waals surface area contributed by atoms with E-state index in [1.807, 2.05) is 0 Å². The van der Waals surface area contributed by atoms with Crippen molar-refractivity contribution in [2.75, 3.05) is 0 Å². The van der Waals surface area contributed by atoms with Crippen LogP contribution in [0.1, 0.15) is 40.5 Å². The predicted molar refractivity (Wildman–Crippen MR) is 46.8 cm³/mol. The van der Waals surface area contributed by atoms with Gasteiger partial charge in [0.25, 0.3) is 0 Å². The largest absolute Gasteiger partial charge is 1.00 e. The third-order valence-corrected chi connectivity index (χ3v) is 2.60. The molecular formula is C10H16KNaO4. The van der Waals surface area contributed by atoms with Crippen LogP contribution < -0.4 is 91.2 Å². The fourth-order valence-electron chi connectivity index (χ4n) is 1.65. The van der Waals surface area contributed by atoms with Crippen molar-refractivity contribution in [2.45, 2.75) is 40.5 Å². The van der Waals surface area contributed by atoms with E-state index in [0.29, 0.717) is 6.42 Å². The van der Waals surface area contributed by atoms with Crippen molar-refractivity contribution in [2.24, 2.45) is 10.8 Å². The monoisotopic (exact) mass is 262 g/mol. The van der Waals surface area contributed by atoms with E-state index in [1.54, 1.807) is 27.7 Å². The van der Waals surface area contributed by atoms with Crippen LogP contribution in [0.4, 0.5) is 0 Å². The summed E-state index contributed by atoms with van der Waals surface area (Å²) in [4.78, 5) is 21.9. The van der Waals surface area contributed by atoms with Gasteiger partial charge in [0.1, 0.15) is 0 Å². The van der Waals surface area contributed by atoms with Crippen LogP contribution in [0, 0.1) is 10.8 Å². The van der Waals surface area contributed by atoms with Gasteiger partial charge in [-0.05, 0) is 11.8 Å². The smallest absolute Gasteiger partial charge is 0.549 e. The third-order valence-electron chi connectivity index (χ3n) is 2.60. The molecule has 0 aromatic heterocycles. The first-order valence-electron chi connectivity index (χ1n) is 4.63. The van der Waals surface area contributed by atoms with Crippen LogP contribution in [0.15, 0.2) is 0 Å². The number of rotatable bonds is 4. The van der Waals surface area contributed by atoms with Crippen LogP contribution in [0.25, 0.3) is 0 Å². The van der Waals surface area contributed by atoms with E-state index in [1.165, 1.54) is 0 Å². The maximum atomic E-state index is 11.0. The Labute approximate surface area is 161 Å². The van der Waals surface area contributed by atoms with Crippen molar-refractivity contribution < 1.29 is 101 Å². The number of carbonyl (C=O) groups is 2. The number of carboxylic acid groups (broad SMARTS) is 2. The molecule has 0 unspecified atom stereocenters. The van der Waals surface area contributed by atoms with E-state index < -0.39 is 22.8 Å². The normalized spacial score (nSPS) is 11.0. The van der Waals surface area contributed by atoms with Crippen LogP contribution in [0.5, 0.6) is 0 Å². The van der Waals surface area contributed by atoms with Crippen LogP contribution in [0.2, 0.25) is 0 Å². The van der Waals surface area contributed by atoms with E-state index in [9.17, 15) is 19.8 Å². The van der Waals surface area contributed by atoms with Gasteiger partial charge in [-0.3, -0.25) is 0 Å². The zero-order chi connectivity index (χ0) is 11.6. The van der Waals surface area contributed by atoms with Gasteiger partial charge in [0.2, 0.25) is 0 Å². The first kappa shape index (κ1) is 22.7. The van der Waals surface area contributed by atoms with E-state index in [0.717, 1.165) is 0 Å². The Kier molecular flexibility index (Phi) is 12.3. The van der Waals surface area contributed by atoms with Gasteiger partial charge in [0.15, 0.2) is 0 Å². The molecule has 0 spiro atoms. The molecule has 0 bridgehead atoms. The van der Waals surface area contributed by atoms with Crippen LogP contribution in [-0.2, 0) is 9.59 Å². The van der Waals surface area contributed by atoms with E-state index >= 15 is 0 Å². The molecule has 0 fully saturated rings. The van der Waals surface area contributed by atoms with Gasteiger partial charge in [0.05, 0.1) is 17.4 Å². The number of hydrogen-bond acceptors (Lipinski definition) is 4. The number of hydrogen-bond donors (Lipinski definition) is 0. The van der Waals surface area contributed by atoms with Gasteiger partial charge in [-0.15, -0.1) is 0 Å². The van der Waals surface area contributed by atoms with E-state index in [2.05, 4.69) is 0 Å². The summed E-state index contributed by atoms with van der Waals surface area (Å²) < 4.78 is 0. The average Bonchev–Trinajstić information content (AvgIpc) is 1.95. The van der Waals surface area contributed by atoms with Gasteiger partial charge in [-0.25, -0.2) is 0 Å². The Balaban J connectivity index is -0.000000845. The molecule has 0 heterocycles. The zero-order valence-electron chi connectivity index (χ0n) is 11.0. The second-order valence-corrected chi connectivity index (χ2v) is 4.48. The molecule has 0 saturated carbocycles.